The number of nitriles is 1. The van der Waals surface area contributed by atoms with Gasteiger partial charge in [0.05, 0.1) is 50.2 Å². The number of aromatic amines is 2. The number of aromatic nitrogens is 6. The molecule has 8 saturated carbocycles. The topological polar surface area (TPSA) is 355 Å². The number of carbonyl (C=O) groups excluding carboxylic acids is 2. The van der Waals surface area contributed by atoms with Crippen molar-refractivity contribution < 1.29 is 117 Å². The van der Waals surface area contributed by atoms with Crippen LogP contribution < -0.4 is 15.0 Å². The van der Waals surface area contributed by atoms with Crippen molar-refractivity contribution >= 4 is 40.2 Å². The molecule has 25 heteroatoms. The Balaban J connectivity index is 0.000000376. The molecule has 8 aliphatic carbocycles. The minimum absolute atomic E-state index is 0.0430. The zero-order chi connectivity index (χ0) is 101. The maximum absolute atomic E-state index is 11.9. The van der Waals surface area contributed by atoms with Gasteiger partial charge in [0.1, 0.15) is 11.2 Å². The summed E-state index contributed by atoms with van der Waals surface area (Å²) in [7, 11) is -4.01. The van der Waals surface area contributed by atoms with Gasteiger partial charge in [0.15, 0.2) is 0 Å². The second-order valence-electron chi connectivity index (χ2n) is 29.0. The van der Waals surface area contributed by atoms with Crippen LogP contribution in [0.1, 0.15) is 324 Å². The number of aliphatic hydroxyl groups is 1. The average Bonchev–Trinajstić information content (AvgIpc) is 1.55. The van der Waals surface area contributed by atoms with Gasteiger partial charge in [0.25, 0.3) is 15.7 Å². The van der Waals surface area contributed by atoms with Gasteiger partial charge in [0.2, 0.25) is 11.8 Å². The predicted molar refractivity (Wildman–Crippen MR) is 375 cm³/mol. The summed E-state index contributed by atoms with van der Waals surface area (Å²) >= 11 is 0. The summed E-state index contributed by atoms with van der Waals surface area (Å²) < 4.78 is 273. The highest BCUT2D eigenvalue weighted by Crippen LogP contribution is 2.52. The van der Waals surface area contributed by atoms with Crippen LogP contribution in [0.4, 0.5) is 9.59 Å². The van der Waals surface area contributed by atoms with Gasteiger partial charge in [-0.2, -0.15) is 28.1 Å². The molecule has 24 nitrogen and oxygen atoms in total. The van der Waals surface area contributed by atoms with Crippen LogP contribution in [-0.4, -0.2) is 132 Å². The van der Waals surface area contributed by atoms with E-state index in [1.807, 2.05) is 0 Å². The summed E-state index contributed by atoms with van der Waals surface area (Å²) in [6.07, 6.45) is -15.5. The average molecular weight is 1430 g/mol. The van der Waals surface area contributed by atoms with Gasteiger partial charge in [-0.25, -0.2) is 14.7 Å². The van der Waals surface area contributed by atoms with E-state index in [0.717, 1.165) is 22.2 Å². The third kappa shape index (κ3) is 44.0. The maximum atomic E-state index is 11.9. The SMILES string of the molecule is CC(C)(C)OC(=O)n1ccc(=O)[nH]1.[2H]C([2H])(C#N)C([2H])([2H])C1(C)CC1.[2H]C([2H])(C(=O)O)C([2H])([2H])C1(C)CC1.[2H]C([2H])(C(=O)O)C([2H])([2H])C1(C)CC1.[2H]C([2H])(C(=O)O)C1(C)CC1.[2H]C([2H])(COc1ccn(C(=O)OC(C)(C)C)n1)C([2H])([2H])C1(C)CC1.[2H]C([2H])(COc1ccn[nH]1)C([2H])([2H])C1(C)CC1.[2H]C([2H])(O)C([2H])([2H])C1(C)CC1.[2H]C([2H])(OS(C)(=O)=O)C([2H])([2H])C1(C)CC1. The van der Waals surface area contributed by atoms with Gasteiger partial charge in [-0.3, -0.25) is 28.5 Å². The molecule has 0 aromatic carbocycles. The van der Waals surface area contributed by atoms with E-state index in [4.69, 9.17) is 85.8 Å². The third-order valence-corrected chi connectivity index (χ3v) is 15.2. The van der Waals surface area contributed by atoms with E-state index in [2.05, 4.69) is 24.6 Å². The minimum atomic E-state index is -4.01. The number of nitrogens with zero attached hydrogens (tertiary/aromatic N) is 5. The van der Waals surface area contributed by atoms with Crippen molar-refractivity contribution in [1.82, 2.24) is 29.8 Å². The van der Waals surface area contributed by atoms with Crippen molar-refractivity contribution in [2.24, 2.45) is 43.3 Å². The normalized spacial score (nSPS) is 25.9. The van der Waals surface area contributed by atoms with E-state index < -0.39 is 197 Å². The highest BCUT2D eigenvalue weighted by Gasteiger charge is 2.41. The van der Waals surface area contributed by atoms with Gasteiger partial charge in [-0.15, -0.1) is 5.10 Å². The summed E-state index contributed by atoms with van der Waals surface area (Å²) in [5, 5.41) is 55.3. The fourth-order valence-electron chi connectivity index (χ4n) is 6.29. The van der Waals surface area contributed by atoms with Crippen LogP contribution in [0.25, 0.3) is 0 Å². The van der Waals surface area contributed by atoms with Gasteiger partial charge in [-0.05, 0) is 245 Å². The number of rotatable bonds is 26. The Hall–Kier alpha value is -6.26. The van der Waals surface area contributed by atoms with Gasteiger partial charge in [-0.1, -0.05) is 55.4 Å². The van der Waals surface area contributed by atoms with Crippen molar-refractivity contribution in [2.45, 2.75) is 294 Å². The van der Waals surface area contributed by atoms with Crippen LogP contribution in [0.2, 0.25) is 0 Å². The molecule has 98 heavy (non-hydrogen) atoms. The van der Waals surface area contributed by atoms with E-state index in [-0.39, 0.29) is 18.0 Å². The van der Waals surface area contributed by atoms with E-state index in [9.17, 15) is 37.2 Å². The van der Waals surface area contributed by atoms with Gasteiger partial charge < -0.3 is 39.4 Å². The first kappa shape index (κ1) is 49.3. The van der Waals surface area contributed by atoms with E-state index in [0.29, 0.717) is 102 Å². The molecule has 0 radical (unpaired) electrons. The molecule has 6 N–H and O–H groups in total. The lowest BCUT2D eigenvalue weighted by Crippen LogP contribution is -2.28. The Morgan fingerprint density at radius 2 is 1.01 bits per heavy atom. The minimum Gasteiger partial charge on any atom is -0.481 e. The smallest absolute Gasteiger partial charge is 0.435 e. The molecule has 8 aliphatic rings. The molecule has 0 amide bonds. The fourth-order valence-corrected chi connectivity index (χ4v) is 6.49. The lowest BCUT2D eigenvalue weighted by molar-refractivity contribution is -0.139. The van der Waals surface area contributed by atoms with E-state index in [1.165, 1.54) is 36.8 Å². The second kappa shape index (κ2) is 38.0. The number of ether oxygens (including phenoxy) is 4. The number of aliphatic carboxylic acids is 3. The zero-order valence-corrected chi connectivity index (χ0v) is 59.7. The number of hydrogen-bond acceptors (Lipinski definition) is 17. The Kier molecular flexibility index (Phi) is 19.1. The first-order valence-electron chi connectivity index (χ1n) is 46.8. The fraction of sp³-hybridized carbons (Fsp3) is 0.795. The largest absolute Gasteiger partial charge is 0.481 e. The highest BCUT2D eigenvalue weighted by molar-refractivity contribution is 7.85. The van der Waals surface area contributed by atoms with Crippen molar-refractivity contribution in [3.8, 4) is 17.8 Å². The summed E-state index contributed by atoms with van der Waals surface area (Å²) in [5.41, 5.74) is -7.11. The van der Waals surface area contributed by atoms with Crippen LogP contribution in [0.5, 0.6) is 11.8 Å². The monoisotopic (exact) mass is 1430 g/mol. The maximum Gasteiger partial charge on any atom is 0.435 e. The molecule has 0 atom stereocenters. The first-order valence-corrected chi connectivity index (χ1v) is 33.6. The van der Waals surface area contributed by atoms with Crippen LogP contribution in [0.3, 0.4) is 0 Å². The van der Waals surface area contributed by atoms with Crippen LogP contribution >= 0.6 is 0 Å². The highest BCUT2D eigenvalue weighted by atomic mass is 32.2. The lowest BCUT2D eigenvalue weighted by atomic mass is 10.0. The molecule has 0 aliphatic heterocycles. The van der Waals surface area contributed by atoms with Crippen molar-refractivity contribution in [3.05, 3.63) is 47.1 Å². The Morgan fingerprint density at radius 3 is 1.36 bits per heavy atom. The Morgan fingerprint density at radius 1 is 0.592 bits per heavy atom. The molecule has 0 spiro atoms. The molecular weight excluding hydrogens is 1280 g/mol. The summed E-state index contributed by atoms with van der Waals surface area (Å²) in [6.45, 7) is 17.4. The molecule has 11 rings (SSSR count). The summed E-state index contributed by atoms with van der Waals surface area (Å²) in [5.74, 6) is -4.41. The zero-order valence-electron chi connectivity index (χ0n) is 88.9. The van der Waals surface area contributed by atoms with Crippen LogP contribution in [0, 0.1) is 54.7 Å². The predicted octanol–water partition coefficient (Wildman–Crippen LogP) is 15.9. The molecule has 558 valence electrons. The molecule has 8 fully saturated rings. The van der Waals surface area contributed by atoms with Gasteiger partial charge in [0, 0.05) is 91.9 Å². The second-order valence-corrected chi connectivity index (χ2v) is 30.5. The molecule has 3 heterocycles. The molecule has 0 saturated heterocycles. The summed E-state index contributed by atoms with van der Waals surface area (Å²) in [4.78, 5) is 65.2. The molecule has 0 bridgehead atoms. The number of nitrogens with one attached hydrogen (secondary N) is 2. The van der Waals surface area contributed by atoms with E-state index in [1.54, 1.807) is 103 Å². The molecule has 3 aromatic heterocycles. The van der Waals surface area contributed by atoms with Crippen molar-refractivity contribution in [2.75, 3.05) is 32.6 Å². The molecule has 0 unspecified atom stereocenters. The van der Waals surface area contributed by atoms with Crippen molar-refractivity contribution in [1.29, 1.82) is 5.26 Å². The van der Waals surface area contributed by atoms with Crippen LogP contribution in [-0.2, 0) is 38.2 Å². The molecular formula is C73H123N7O17S. The van der Waals surface area contributed by atoms with Crippen molar-refractivity contribution in [3.63, 3.8) is 0 Å². The number of hydrogen-bond donors (Lipinski definition) is 6. The third-order valence-electron chi connectivity index (χ3n) is 14.9. The number of carboxylic acid groups (broad SMARTS) is 3. The van der Waals surface area contributed by atoms with E-state index >= 15 is 0 Å². The number of H-pyrrole nitrogens is 2. The summed E-state index contributed by atoms with van der Waals surface area (Å²) in [6, 6.07) is 5.63. The first-order chi connectivity index (χ1) is 56.5. The van der Waals surface area contributed by atoms with Gasteiger partial charge >= 0.3 is 30.1 Å². The molecule has 3 aromatic rings. The Bertz CT molecular complexity index is 4500. The standard InChI is InChI=1S/C15H24N2O3.C10H16N2O.C8H12N2O3.C7H11N.C7H14O3S.2C7H12O2.C6H10O2.C6H12O/c1-14(2,3)20-13(18)17-10-6-12(16-17)19-11-5-7-15(4)8-9-15;1-10(5-6-10)4-2-8-13-9-3-7-11-12-9;1-8(2,3)13-7(12)10-5-4-6(11)9-10;1-7(4-5-7)3-2-6-8;1-7(3-4-7)5-6-10-11(2,8)9;2*1-7(4-5-7)3-2-6(8)9;1-6(2-3-6)4-5(7)8;1-6(2-3-6)4-5-7/h6,10H,5,7-9,11H2,1-4H3;3,7H,2,4-6,8H2,1H3,(H,11,12);4-5H,1-3H3,(H,9,11);2-5H2,1H3;3-6H2,1-2H3;2*2-5H2,1H3,(H,8,9);2-4H2,1H3,(H,7,8);7H,2-5H2,1H3/i5D2,7D2;2D2,4D2;;2D2,3D2;5D2,6D2;2*2D2,3D2;4D2;4D2,5D2. The number of carboxylic acids is 3. The Labute approximate surface area is 626 Å². The quantitative estimate of drug-likeness (QED) is 0.0407. The van der Waals surface area contributed by atoms with Crippen LogP contribution in [0.15, 0.2) is 41.6 Å². The lowest BCUT2D eigenvalue weighted by Gasteiger charge is -2.18. The number of carbonyl (C=O) groups is 5.